The second-order valence-electron chi connectivity index (χ2n) is 6.28. The molecule has 2 fully saturated rings. The van der Waals surface area contributed by atoms with Gasteiger partial charge in [-0.2, -0.15) is 0 Å². The Morgan fingerprint density at radius 1 is 1.05 bits per heavy atom. The van der Waals surface area contributed by atoms with Crippen LogP contribution in [0.1, 0.15) is 50.1 Å². The van der Waals surface area contributed by atoms with Gasteiger partial charge in [-0.3, -0.25) is 9.59 Å². The van der Waals surface area contributed by atoms with Gasteiger partial charge in [0, 0.05) is 19.5 Å². The number of hydrogen-bond acceptors (Lipinski definition) is 2. The maximum Gasteiger partial charge on any atom is 0.242 e. The molecule has 4 nitrogen and oxygen atoms in total. The summed E-state index contributed by atoms with van der Waals surface area (Å²) in [6, 6.07) is 10.4. The Bertz CT molecular complexity index is 529. The van der Waals surface area contributed by atoms with E-state index in [9.17, 15) is 9.59 Å². The second kappa shape index (κ2) is 6.95. The normalized spacial score (nSPS) is 22.7. The fourth-order valence-electron chi connectivity index (χ4n) is 3.53. The highest BCUT2D eigenvalue weighted by Crippen LogP contribution is 2.31. The molecule has 2 heterocycles. The van der Waals surface area contributed by atoms with Crippen LogP contribution in [0.15, 0.2) is 30.3 Å². The predicted molar refractivity (Wildman–Crippen MR) is 85.2 cm³/mol. The van der Waals surface area contributed by atoms with Crippen LogP contribution in [-0.4, -0.2) is 41.2 Å². The lowest BCUT2D eigenvalue weighted by molar-refractivity contribution is -0.144. The monoisotopic (exact) mass is 300 g/mol. The maximum absolute atomic E-state index is 12.7. The minimum absolute atomic E-state index is 0.101. The molecule has 2 saturated heterocycles. The lowest BCUT2D eigenvalue weighted by Gasteiger charge is -2.38. The second-order valence-corrected chi connectivity index (χ2v) is 6.28. The molecule has 4 heteroatoms. The molecule has 2 aliphatic heterocycles. The summed E-state index contributed by atoms with van der Waals surface area (Å²) in [6.07, 6.45) is 5.80. The highest BCUT2D eigenvalue weighted by atomic mass is 16.2. The number of carbonyl (C=O) groups is 2. The van der Waals surface area contributed by atoms with Crippen LogP contribution in [0, 0.1) is 0 Å². The molecule has 1 unspecified atom stereocenters. The minimum Gasteiger partial charge on any atom is -0.334 e. The van der Waals surface area contributed by atoms with Gasteiger partial charge in [0.2, 0.25) is 11.8 Å². The average molecular weight is 300 g/mol. The first-order chi connectivity index (χ1) is 10.8. The molecule has 1 aromatic rings. The van der Waals surface area contributed by atoms with Crippen LogP contribution >= 0.6 is 0 Å². The molecule has 0 bridgehead atoms. The standard InChI is InChI=1S/C18H24N2O2/c21-17-11-5-6-12-19(17)14-18(22)20-13-7-4-10-16(20)15-8-2-1-3-9-15/h1-3,8-9,16H,4-7,10-14H2. The van der Waals surface area contributed by atoms with Crippen molar-refractivity contribution in [3.63, 3.8) is 0 Å². The molecule has 0 spiro atoms. The van der Waals surface area contributed by atoms with Crippen molar-refractivity contribution in [1.82, 2.24) is 9.80 Å². The summed E-state index contributed by atoms with van der Waals surface area (Å²) in [7, 11) is 0. The topological polar surface area (TPSA) is 40.6 Å². The molecule has 118 valence electrons. The molecule has 2 aliphatic rings. The summed E-state index contributed by atoms with van der Waals surface area (Å²) in [4.78, 5) is 28.4. The van der Waals surface area contributed by atoms with Gasteiger partial charge in [-0.1, -0.05) is 30.3 Å². The van der Waals surface area contributed by atoms with Crippen LogP contribution in [0.2, 0.25) is 0 Å². The fraction of sp³-hybridized carbons (Fsp3) is 0.556. The number of piperidine rings is 2. The first kappa shape index (κ1) is 15.1. The third kappa shape index (κ3) is 3.32. The summed E-state index contributed by atoms with van der Waals surface area (Å²) in [5, 5.41) is 0. The van der Waals surface area contributed by atoms with Crippen molar-refractivity contribution < 1.29 is 9.59 Å². The Kier molecular flexibility index (Phi) is 4.76. The SMILES string of the molecule is O=C1CCCCN1CC(=O)N1CCCCC1c1ccccc1. The molecule has 0 aliphatic carbocycles. The van der Waals surface area contributed by atoms with Crippen LogP contribution < -0.4 is 0 Å². The fourth-order valence-corrected chi connectivity index (χ4v) is 3.53. The predicted octanol–water partition coefficient (Wildman–Crippen LogP) is 2.75. The third-order valence-corrected chi connectivity index (χ3v) is 4.75. The maximum atomic E-state index is 12.7. The molecule has 0 saturated carbocycles. The van der Waals surface area contributed by atoms with E-state index in [0.29, 0.717) is 6.42 Å². The summed E-state index contributed by atoms with van der Waals surface area (Å²) in [6.45, 7) is 1.79. The van der Waals surface area contributed by atoms with Crippen molar-refractivity contribution in [3.8, 4) is 0 Å². The molecule has 0 aromatic heterocycles. The van der Waals surface area contributed by atoms with Crippen molar-refractivity contribution in [3.05, 3.63) is 35.9 Å². The van der Waals surface area contributed by atoms with E-state index in [-0.39, 0.29) is 24.4 Å². The van der Waals surface area contributed by atoms with Crippen molar-refractivity contribution in [1.29, 1.82) is 0 Å². The molecule has 2 amide bonds. The Morgan fingerprint density at radius 3 is 2.59 bits per heavy atom. The van der Waals surface area contributed by atoms with Gasteiger partial charge in [0.05, 0.1) is 12.6 Å². The number of amides is 2. The zero-order chi connectivity index (χ0) is 15.4. The van der Waals surface area contributed by atoms with Crippen molar-refractivity contribution in [2.45, 2.75) is 44.6 Å². The first-order valence-corrected chi connectivity index (χ1v) is 8.38. The summed E-state index contributed by atoms with van der Waals surface area (Å²) < 4.78 is 0. The largest absolute Gasteiger partial charge is 0.334 e. The van der Waals surface area contributed by atoms with Gasteiger partial charge in [0.25, 0.3) is 0 Å². The third-order valence-electron chi connectivity index (χ3n) is 4.75. The van der Waals surface area contributed by atoms with Crippen molar-refractivity contribution in [2.24, 2.45) is 0 Å². The molecular weight excluding hydrogens is 276 g/mol. The van der Waals surface area contributed by atoms with Crippen LogP contribution in [0.25, 0.3) is 0 Å². The van der Waals surface area contributed by atoms with Crippen molar-refractivity contribution >= 4 is 11.8 Å². The summed E-state index contributed by atoms with van der Waals surface area (Å²) in [5.74, 6) is 0.233. The van der Waals surface area contributed by atoms with Gasteiger partial charge in [-0.25, -0.2) is 0 Å². The quantitative estimate of drug-likeness (QED) is 0.861. The Labute approximate surface area is 132 Å². The number of likely N-dealkylation sites (tertiary alicyclic amines) is 2. The minimum atomic E-state index is 0.101. The molecule has 3 rings (SSSR count). The van der Waals surface area contributed by atoms with E-state index in [0.717, 1.165) is 45.2 Å². The smallest absolute Gasteiger partial charge is 0.242 e. The van der Waals surface area contributed by atoms with Crippen LogP contribution in [-0.2, 0) is 9.59 Å². The molecule has 22 heavy (non-hydrogen) atoms. The van der Waals surface area contributed by atoms with E-state index in [1.165, 1.54) is 5.56 Å². The first-order valence-electron chi connectivity index (χ1n) is 8.38. The highest BCUT2D eigenvalue weighted by Gasteiger charge is 2.30. The number of hydrogen-bond donors (Lipinski definition) is 0. The number of rotatable bonds is 3. The number of nitrogens with zero attached hydrogens (tertiary/aromatic N) is 2. The van der Waals surface area contributed by atoms with Crippen LogP contribution in [0.5, 0.6) is 0 Å². The van der Waals surface area contributed by atoms with E-state index in [2.05, 4.69) is 12.1 Å². The molecule has 1 aromatic carbocycles. The van der Waals surface area contributed by atoms with E-state index in [1.54, 1.807) is 4.90 Å². The van der Waals surface area contributed by atoms with Gasteiger partial charge >= 0.3 is 0 Å². The van der Waals surface area contributed by atoms with E-state index >= 15 is 0 Å². The van der Waals surface area contributed by atoms with Gasteiger partial charge in [0.15, 0.2) is 0 Å². The van der Waals surface area contributed by atoms with Crippen molar-refractivity contribution in [2.75, 3.05) is 19.6 Å². The van der Waals surface area contributed by atoms with Crippen LogP contribution in [0.4, 0.5) is 0 Å². The van der Waals surface area contributed by atoms with E-state index in [1.807, 2.05) is 23.1 Å². The van der Waals surface area contributed by atoms with E-state index in [4.69, 9.17) is 0 Å². The highest BCUT2D eigenvalue weighted by molar-refractivity contribution is 5.85. The van der Waals surface area contributed by atoms with Crippen LogP contribution in [0.3, 0.4) is 0 Å². The zero-order valence-corrected chi connectivity index (χ0v) is 13.0. The van der Waals surface area contributed by atoms with Gasteiger partial charge in [-0.05, 0) is 37.7 Å². The number of carbonyl (C=O) groups excluding carboxylic acids is 2. The molecule has 0 radical (unpaired) electrons. The Hall–Kier alpha value is -1.84. The zero-order valence-electron chi connectivity index (χ0n) is 13.0. The van der Waals surface area contributed by atoms with Gasteiger partial charge < -0.3 is 9.80 Å². The molecule has 0 N–H and O–H groups in total. The molecule has 1 atom stereocenters. The van der Waals surface area contributed by atoms with Gasteiger partial charge in [-0.15, -0.1) is 0 Å². The van der Waals surface area contributed by atoms with Gasteiger partial charge in [0.1, 0.15) is 0 Å². The average Bonchev–Trinajstić information content (AvgIpc) is 2.58. The summed E-state index contributed by atoms with van der Waals surface area (Å²) >= 11 is 0. The lowest BCUT2D eigenvalue weighted by atomic mass is 9.95. The Morgan fingerprint density at radius 2 is 1.82 bits per heavy atom. The molecular formula is C18H24N2O2. The lowest BCUT2D eigenvalue weighted by Crippen LogP contribution is -2.47. The van der Waals surface area contributed by atoms with E-state index < -0.39 is 0 Å². The number of benzene rings is 1. The Balaban J connectivity index is 1.70. The summed E-state index contributed by atoms with van der Waals surface area (Å²) in [5.41, 5.74) is 1.21.